The van der Waals surface area contributed by atoms with Crippen molar-refractivity contribution in [2.75, 3.05) is 0 Å². The highest BCUT2D eigenvalue weighted by Gasteiger charge is 2.27. The van der Waals surface area contributed by atoms with Gasteiger partial charge in [-0.3, -0.25) is 0 Å². The number of nitrogens with two attached hydrogens (primary N) is 1. The highest BCUT2D eigenvalue weighted by molar-refractivity contribution is 6.31. The van der Waals surface area contributed by atoms with E-state index in [1.54, 1.807) is 0 Å². The van der Waals surface area contributed by atoms with Crippen molar-refractivity contribution >= 4 is 11.6 Å². The average molecular weight is 244 g/mol. The first-order valence-electron chi connectivity index (χ1n) is 5.53. The second-order valence-electron chi connectivity index (χ2n) is 4.36. The standard InChI is InChI=1S/C12H15ClFNO/c13-8-5-6-9(14)12(16)10(8)11(15)7-3-1-2-4-7/h5-7,11,16H,1-4,15H2/t11-/m1/s1. The van der Waals surface area contributed by atoms with Gasteiger partial charge in [0.1, 0.15) is 0 Å². The lowest BCUT2D eigenvalue weighted by atomic mass is 9.92. The first kappa shape index (κ1) is 11.7. The molecule has 4 heteroatoms. The maximum Gasteiger partial charge on any atom is 0.165 e. The minimum Gasteiger partial charge on any atom is -0.505 e. The molecule has 0 aliphatic heterocycles. The van der Waals surface area contributed by atoms with Gasteiger partial charge in [-0.25, -0.2) is 4.39 Å². The fraction of sp³-hybridized carbons (Fsp3) is 0.500. The van der Waals surface area contributed by atoms with Gasteiger partial charge in [0.05, 0.1) is 0 Å². The van der Waals surface area contributed by atoms with E-state index < -0.39 is 11.6 Å². The minimum absolute atomic E-state index is 0.296. The second kappa shape index (κ2) is 4.60. The summed E-state index contributed by atoms with van der Waals surface area (Å²) in [6.07, 6.45) is 4.33. The molecule has 1 aromatic carbocycles. The van der Waals surface area contributed by atoms with Gasteiger partial charge in [0.15, 0.2) is 11.6 Å². The van der Waals surface area contributed by atoms with Crippen molar-refractivity contribution in [1.29, 1.82) is 0 Å². The van der Waals surface area contributed by atoms with Gasteiger partial charge in [-0.1, -0.05) is 24.4 Å². The van der Waals surface area contributed by atoms with Crippen LogP contribution in [-0.4, -0.2) is 5.11 Å². The Kier molecular flexibility index (Phi) is 3.36. The molecule has 0 radical (unpaired) electrons. The van der Waals surface area contributed by atoms with Crippen LogP contribution in [0.1, 0.15) is 37.3 Å². The Labute approximate surface area is 99.2 Å². The van der Waals surface area contributed by atoms with Crippen molar-refractivity contribution in [3.05, 3.63) is 28.5 Å². The van der Waals surface area contributed by atoms with Gasteiger partial charge in [0.25, 0.3) is 0 Å². The summed E-state index contributed by atoms with van der Waals surface area (Å²) in [6, 6.07) is 2.23. The molecule has 88 valence electrons. The van der Waals surface area contributed by atoms with Crippen LogP contribution in [0.4, 0.5) is 4.39 Å². The van der Waals surface area contributed by atoms with E-state index in [2.05, 4.69) is 0 Å². The van der Waals surface area contributed by atoms with Crippen LogP contribution in [0.3, 0.4) is 0 Å². The maximum atomic E-state index is 13.2. The lowest BCUT2D eigenvalue weighted by molar-refractivity contribution is 0.392. The van der Waals surface area contributed by atoms with Crippen molar-refractivity contribution in [1.82, 2.24) is 0 Å². The molecule has 3 N–H and O–H groups in total. The number of phenols is 1. The molecular formula is C12H15ClFNO. The molecule has 2 rings (SSSR count). The third kappa shape index (κ3) is 2.02. The van der Waals surface area contributed by atoms with Crippen molar-refractivity contribution < 1.29 is 9.50 Å². The van der Waals surface area contributed by atoms with Gasteiger partial charge < -0.3 is 10.8 Å². The molecule has 1 aliphatic carbocycles. The smallest absolute Gasteiger partial charge is 0.165 e. The molecule has 2 nitrogen and oxygen atoms in total. The summed E-state index contributed by atoms with van der Waals surface area (Å²) in [6.45, 7) is 0. The van der Waals surface area contributed by atoms with Crippen LogP contribution in [-0.2, 0) is 0 Å². The molecule has 1 aliphatic rings. The van der Waals surface area contributed by atoms with Crippen LogP contribution in [0, 0.1) is 11.7 Å². The van der Waals surface area contributed by atoms with Crippen LogP contribution >= 0.6 is 11.6 Å². The predicted octanol–water partition coefficient (Wildman–Crippen LogP) is 3.37. The van der Waals surface area contributed by atoms with E-state index in [1.165, 1.54) is 6.07 Å². The summed E-state index contributed by atoms with van der Waals surface area (Å²) < 4.78 is 13.2. The summed E-state index contributed by atoms with van der Waals surface area (Å²) in [5, 5.41) is 10.0. The van der Waals surface area contributed by atoms with Crippen molar-refractivity contribution in [3.8, 4) is 5.75 Å². The molecule has 1 atom stereocenters. The molecule has 1 aromatic rings. The van der Waals surface area contributed by atoms with E-state index >= 15 is 0 Å². The van der Waals surface area contributed by atoms with Gasteiger partial charge in [-0.05, 0) is 30.9 Å². The number of hydrogen-bond acceptors (Lipinski definition) is 2. The highest BCUT2D eigenvalue weighted by atomic mass is 35.5. The average Bonchev–Trinajstić information content (AvgIpc) is 2.77. The largest absolute Gasteiger partial charge is 0.505 e. The molecule has 16 heavy (non-hydrogen) atoms. The molecule has 0 saturated heterocycles. The summed E-state index contributed by atoms with van der Waals surface area (Å²) in [7, 11) is 0. The van der Waals surface area contributed by atoms with E-state index in [1.807, 2.05) is 0 Å². The summed E-state index contributed by atoms with van der Waals surface area (Å²) >= 11 is 5.97. The molecule has 1 saturated carbocycles. The Bertz CT molecular complexity index is 391. The van der Waals surface area contributed by atoms with E-state index in [4.69, 9.17) is 17.3 Å². The summed E-state index contributed by atoms with van der Waals surface area (Å²) in [5.41, 5.74) is 6.41. The molecule has 0 spiro atoms. The Morgan fingerprint density at radius 2 is 2.00 bits per heavy atom. The maximum absolute atomic E-state index is 13.2. The normalized spacial score (nSPS) is 18.9. The molecule has 0 aromatic heterocycles. The zero-order valence-electron chi connectivity index (χ0n) is 8.92. The number of aromatic hydroxyl groups is 1. The minimum atomic E-state index is -0.659. The van der Waals surface area contributed by atoms with Gasteiger partial charge >= 0.3 is 0 Å². The van der Waals surface area contributed by atoms with Gasteiger partial charge in [-0.15, -0.1) is 0 Å². The number of benzene rings is 1. The zero-order chi connectivity index (χ0) is 11.7. The van der Waals surface area contributed by atoms with E-state index in [0.29, 0.717) is 16.5 Å². The van der Waals surface area contributed by atoms with Crippen LogP contribution in [0.5, 0.6) is 5.75 Å². The topological polar surface area (TPSA) is 46.2 Å². The van der Waals surface area contributed by atoms with Crippen molar-refractivity contribution in [3.63, 3.8) is 0 Å². The Balaban J connectivity index is 2.34. The first-order valence-corrected chi connectivity index (χ1v) is 5.91. The summed E-state index contributed by atoms with van der Waals surface area (Å²) in [5.74, 6) is -0.759. The molecule has 0 unspecified atom stereocenters. The first-order chi connectivity index (χ1) is 7.61. The predicted molar refractivity (Wildman–Crippen MR) is 62.0 cm³/mol. The third-order valence-corrected chi connectivity index (χ3v) is 3.69. The number of halogens is 2. The lowest BCUT2D eigenvalue weighted by Gasteiger charge is -2.21. The molecular weight excluding hydrogens is 229 g/mol. The zero-order valence-corrected chi connectivity index (χ0v) is 9.67. The SMILES string of the molecule is N[C@@H](c1c(Cl)ccc(F)c1O)C1CCCC1. The van der Waals surface area contributed by atoms with E-state index in [0.717, 1.165) is 31.7 Å². The fourth-order valence-corrected chi connectivity index (χ4v) is 2.70. The molecule has 0 heterocycles. The number of hydrogen-bond donors (Lipinski definition) is 2. The van der Waals surface area contributed by atoms with Crippen LogP contribution < -0.4 is 5.73 Å². The lowest BCUT2D eigenvalue weighted by Crippen LogP contribution is -2.20. The monoisotopic (exact) mass is 243 g/mol. The third-order valence-electron chi connectivity index (χ3n) is 3.36. The van der Waals surface area contributed by atoms with E-state index in [-0.39, 0.29) is 6.04 Å². The number of rotatable bonds is 2. The van der Waals surface area contributed by atoms with Crippen LogP contribution in [0.2, 0.25) is 5.02 Å². The quantitative estimate of drug-likeness (QED) is 0.837. The molecule has 0 amide bonds. The van der Waals surface area contributed by atoms with E-state index in [9.17, 15) is 9.50 Å². The van der Waals surface area contributed by atoms with Crippen molar-refractivity contribution in [2.45, 2.75) is 31.7 Å². The Hall–Kier alpha value is -0.800. The van der Waals surface area contributed by atoms with Gasteiger partial charge in [0, 0.05) is 16.6 Å². The molecule has 1 fully saturated rings. The number of phenolic OH excluding ortho intramolecular Hbond substituents is 1. The second-order valence-corrected chi connectivity index (χ2v) is 4.77. The van der Waals surface area contributed by atoms with Crippen molar-refractivity contribution in [2.24, 2.45) is 11.7 Å². The fourth-order valence-electron chi connectivity index (χ4n) is 2.43. The van der Waals surface area contributed by atoms with Gasteiger partial charge in [0.2, 0.25) is 0 Å². The van der Waals surface area contributed by atoms with Crippen LogP contribution in [0.15, 0.2) is 12.1 Å². The Morgan fingerprint density at radius 3 is 2.62 bits per heavy atom. The Morgan fingerprint density at radius 1 is 1.38 bits per heavy atom. The highest BCUT2D eigenvalue weighted by Crippen LogP contribution is 2.41. The van der Waals surface area contributed by atoms with Crippen LogP contribution in [0.25, 0.3) is 0 Å². The van der Waals surface area contributed by atoms with Gasteiger partial charge in [-0.2, -0.15) is 0 Å². The molecule has 0 bridgehead atoms. The summed E-state index contributed by atoms with van der Waals surface area (Å²) in [4.78, 5) is 0.